The first-order valence-corrected chi connectivity index (χ1v) is 7.78. The van der Waals surface area contributed by atoms with Gasteiger partial charge in [0.25, 0.3) is 0 Å². The van der Waals surface area contributed by atoms with Gasteiger partial charge in [-0.15, -0.1) is 0 Å². The highest BCUT2D eigenvalue weighted by Crippen LogP contribution is 2.22. The maximum atomic E-state index is 5.33. The van der Waals surface area contributed by atoms with E-state index in [0.29, 0.717) is 0 Å². The van der Waals surface area contributed by atoms with Crippen LogP contribution in [0.3, 0.4) is 0 Å². The molecule has 108 valence electrons. The van der Waals surface area contributed by atoms with E-state index < -0.39 is 0 Å². The van der Waals surface area contributed by atoms with E-state index in [0.717, 1.165) is 38.3 Å². The maximum absolute atomic E-state index is 5.33. The van der Waals surface area contributed by atoms with Gasteiger partial charge in [-0.25, -0.2) is 0 Å². The number of unbranched alkanes of at least 4 members (excludes halogenated alkanes) is 1. The molecule has 0 spiro atoms. The second-order valence-corrected chi connectivity index (χ2v) is 5.64. The number of likely N-dealkylation sites (tertiary alicyclic amines) is 1. The van der Waals surface area contributed by atoms with Crippen molar-refractivity contribution in [3.8, 4) is 0 Å². The number of nitrogens with one attached hydrogen (secondary N) is 1. The average molecular weight is 256 g/mol. The zero-order valence-corrected chi connectivity index (χ0v) is 12.6. The Bertz CT molecular complexity index is 197. The molecule has 0 aromatic rings. The molecule has 1 rings (SSSR count). The SMILES string of the molecule is CCOCCCCNCCN1CCCC1C(C)C. The molecular formula is C15H32N2O. The van der Waals surface area contributed by atoms with Crippen molar-refractivity contribution in [3.05, 3.63) is 0 Å². The number of rotatable bonds is 10. The van der Waals surface area contributed by atoms with Gasteiger partial charge in [-0.05, 0) is 51.6 Å². The van der Waals surface area contributed by atoms with E-state index in [1.165, 1.54) is 38.8 Å². The summed E-state index contributed by atoms with van der Waals surface area (Å²) in [7, 11) is 0. The van der Waals surface area contributed by atoms with Gasteiger partial charge in [0.1, 0.15) is 0 Å². The van der Waals surface area contributed by atoms with Crippen molar-refractivity contribution in [1.29, 1.82) is 0 Å². The molecule has 0 amide bonds. The molecule has 0 saturated carbocycles. The minimum atomic E-state index is 0.804. The largest absolute Gasteiger partial charge is 0.382 e. The third-order valence-corrected chi connectivity index (χ3v) is 3.86. The zero-order chi connectivity index (χ0) is 13.2. The van der Waals surface area contributed by atoms with Gasteiger partial charge in [0.05, 0.1) is 0 Å². The zero-order valence-electron chi connectivity index (χ0n) is 12.6. The molecule has 1 heterocycles. The van der Waals surface area contributed by atoms with Gasteiger partial charge in [0.2, 0.25) is 0 Å². The van der Waals surface area contributed by atoms with Crippen LogP contribution in [-0.4, -0.2) is 50.3 Å². The van der Waals surface area contributed by atoms with Crippen LogP contribution in [0.2, 0.25) is 0 Å². The highest BCUT2D eigenvalue weighted by molar-refractivity contribution is 4.81. The number of hydrogen-bond acceptors (Lipinski definition) is 3. The Kier molecular flexibility index (Phi) is 8.64. The molecule has 1 aliphatic heterocycles. The van der Waals surface area contributed by atoms with Crippen LogP contribution in [0.4, 0.5) is 0 Å². The second kappa shape index (κ2) is 9.76. The molecule has 0 radical (unpaired) electrons. The molecule has 18 heavy (non-hydrogen) atoms. The van der Waals surface area contributed by atoms with Crippen molar-refractivity contribution < 1.29 is 4.74 Å². The van der Waals surface area contributed by atoms with E-state index >= 15 is 0 Å². The lowest BCUT2D eigenvalue weighted by Crippen LogP contribution is -2.38. The molecule has 1 saturated heterocycles. The molecule has 0 aromatic carbocycles. The molecule has 1 fully saturated rings. The molecule has 1 unspecified atom stereocenters. The third kappa shape index (κ3) is 6.17. The smallest absolute Gasteiger partial charge is 0.0466 e. The summed E-state index contributed by atoms with van der Waals surface area (Å²) in [5, 5.41) is 3.55. The normalized spacial score (nSPS) is 21.0. The summed E-state index contributed by atoms with van der Waals surface area (Å²) in [6, 6.07) is 0.824. The molecule has 0 aromatic heterocycles. The van der Waals surface area contributed by atoms with Gasteiger partial charge in [-0.2, -0.15) is 0 Å². The van der Waals surface area contributed by atoms with Gasteiger partial charge in [0, 0.05) is 32.3 Å². The molecule has 1 atom stereocenters. The van der Waals surface area contributed by atoms with Crippen molar-refractivity contribution in [2.24, 2.45) is 5.92 Å². The first-order valence-electron chi connectivity index (χ1n) is 7.78. The summed E-state index contributed by atoms with van der Waals surface area (Å²) >= 11 is 0. The number of nitrogens with zero attached hydrogens (tertiary/aromatic N) is 1. The van der Waals surface area contributed by atoms with Crippen LogP contribution in [0, 0.1) is 5.92 Å². The average Bonchev–Trinajstić information content (AvgIpc) is 2.81. The predicted molar refractivity (Wildman–Crippen MR) is 78.0 cm³/mol. The first-order chi connectivity index (χ1) is 8.75. The van der Waals surface area contributed by atoms with Gasteiger partial charge in [-0.3, -0.25) is 4.90 Å². The molecule has 0 aliphatic carbocycles. The predicted octanol–water partition coefficient (Wildman–Crippen LogP) is 2.51. The second-order valence-electron chi connectivity index (χ2n) is 5.64. The van der Waals surface area contributed by atoms with E-state index in [1.807, 2.05) is 0 Å². The fraction of sp³-hybridized carbons (Fsp3) is 1.00. The van der Waals surface area contributed by atoms with E-state index in [9.17, 15) is 0 Å². The Hall–Kier alpha value is -0.120. The Labute approximate surface area is 113 Å². The monoisotopic (exact) mass is 256 g/mol. The minimum Gasteiger partial charge on any atom is -0.382 e. The Morgan fingerprint density at radius 3 is 2.83 bits per heavy atom. The van der Waals surface area contributed by atoms with Crippen LogP contribution in [0.15, 0.2) is 0 Å². The summed E-state index contributed by atoms with van der Waals surface area (Å²) < 4.78 is 5.33. The lowest BCUT2D eigenvalue weighted by Gasteiger charge is -2.27. The summed E-state index contributed by atoms with van der Waals surface area (Å²) in [5.74, 6) is 0.804. The van der Waals surface area contributed by atoms with Crippen molar-refractivity contribution >= 4 is 0 Å². The summed E-state index contributed by atoms with van der Waals surface area (Å²) in [4.78, 5) is 2.66. The van der Waals surface area contributed by atoms with E-state index in [-0.39, 0.29) is 0 Å². The van der Waals surface area contributed by atoms with Gasteiger partial charge in [-0.1, -0.05) is 13.8 Å². The van der Waals surface area contributed by atoms with Crippen LogP contribution < -0.4 is 5.32 Å². The summed E-state index contributed by atoms with van der Waals surface area (Å²) in [6.45, 7) is 13.3. The van der Waals surface area contributed by atoms with Crippen molar-refractivity contribution in [1.82, 2.24) is 10.2 Å². The summed E-state index contributed by atoms with van der Waals surface area (Å²) in [5.41, 5.74) is 0. The Morgan fingerprint density at radius 1 is 1.28 bits per heavy atom. The molecule has 3 nitrogen and oxygen atoms in total. The number of ether oxygens (including phenoxy) is 1. The van der Waals surface area contributed by atoms with Crippen LogP contribution >= 0.6 is 0 Å². The minimum absolute atomic E-state index is 0.804. The first kappa shape index (κ1) is 15.9. The summed E-state index contributed by atoms with van der Waals surface area (Å²) in [6.07, 6.45) is 5.19. The topological polar surface area (TPSA) is 24.5 Å². The van der Waals surface area contributed by atoms with Crippen LogP contribution in [0.25, 0.3) is 0 Å². The third-order valence-electron chi connectivity index (χ3n) is 3.86. The van der Waals surface area contributed by atoms with Crippen molar-refractivity contribution in [3.63, 3.8) is 0 Å². The van der Waals surface area contributed by atoms with E-state index in [4.69, 9.17) is 4.74 Å². The van der Waals surface area contributed by atoms with Crippen molar-refractivity contribution in [2.75, 3.05) is 39.4 Å². The standard InChI is InChI=1S/C15H32N2O/c1-4-18-13-6-5-9-16-10-12-17-11-7-8-15(17)14(2)3/h14-16H,4-13H2,1-3H3. The van der Waals surface area contributed by atoms with E-state index in [2.05, 4.69) is 31.0 Å². The van der Waals surface area contributed by atoms with Crippen LogP contribution in [0.5, 0.6) is 0 Å². The molecule has 0 bridgehead atoms. The molecule has 1 aliphatic rings. The quantitative estimate of drug-likeness (QED) is 0.608. The fourth-order valence-corrected chi connectivity index (χ4v) is 2.83. The highest BCUT2D eigenvalue weighted by atomic mass is 16.5. The maximum Gasteiger partial charge on any atom is 0.0466 e. The Balaban J connectivity index is 1.94. The molecular weight excluding hydrogens is 224 g/mol. The van der Waals surface area contributed by atoms with Gasteiger partial charge >= 0.3 is 0 Å². The lowest BCUT2D eigenvalue weighted by atomic mass is 10.0. The van der Waals surface area contributed by atoms with Crippen molar-refractivity contribution in [2.45, 2.75) is 52.5 Å². The molecule has 1 N–H and O–H groups in total. The lowest BCUT2D eigenvalue weighted by molar-refractivity contribution is 0.143. The van der Waals surface area contributed by atoms with Crippen LogP contribution in [0.1, 0.15) is 46.5 Å². The Morgan fingerprint density at radius 2 is 2.11 bits per heavy atom. The van der Waals surface area contributed by atoms with Gasteiger partial charge in [0.15, 0.2) is 0 Å². The molecule has 3 heteroatoms. The van der Waals surface area contributed by atoms with E-state index in [1.54, 1.807) is 0 Å². The fourth-order valence-electron chi connectivity index (χ4n) is 2.83. The van der Waals surface area contributed by atoms with Crippen LogP contribution in [-0.2, 0) is 4.74 Å². The highest BCUT2D eigenvalue weighted by Gasteiger charge is 2.25. The van der Waals surface area contributed by atoms with Gasteiger partial charge < -0.3 is 10.1 Å². The number of hydrogen-bond donors (Lipinski definition) is 1.